The molecule has 0 aromatic heterocycles. The Morgan fingerprint density at radius 1 is 1.38 bits per heavy atom. The molecule has 5 atom stereocenters. The number of aliphatic hydroxyl groups is 1. The molecule has 1 aliphatic heterocycles. The minimum absolute atomic E-state index is 0.0236. The Labute approximate surface area is 179 Å². The Morgan fingerprint density at radius 2 is 2.00 bits per heavy atom. The number of ether oxygens (including phenoxy) is 1. The third-order valence-corrected chi connectivity index (χ3v) is 12.3. The summed E-state index contributed by atoms with van der Waals surface area (Å²) in [6.45, 7) is 20.3. The first-order valence-corrected chi connectivity index (χ1v) is 14.9. The zero-order valence-corrected chi connectivity index (χ0v) is 21.3. The zero-order valence-electron chi connectivity index (χ0n) is 19.4. The monoisotopic (exact) mass is 447 g/mol. The molecule has 0 spiro atoms. The molecule has 0 aromatic carbocycles. The van der Waals surface area contributed by atoms with Crippen LogP contribution in [0.3, 0.4) is 0 Å². The Morgan fingerprint density at radius 3 is 2.45 bits per heavy atom. The zero-order chi connectivity index (χ0) is 22.5. The van der Waals surface area contributed by atoms with Gasteiger partial charge in [-0.2, -0.15) is 0 Å². The van der Waals surface area contributed by atoms with Crippen LogP contribution < -0.4 is 0 Å². The van der Waals surface area contributed by atoms with Gasteiger partial charge in [0.05, 0.1) is 17.7 Å². The van der Waals surface area contributed by atoms with Gasteiger partial charge in [-0.05, 0) is 30.9 Å². The molecule has 10 heteroatoms. The Kier molecular flexibility index (Phi) is 9.66. The van der Waals surface area contributed by atoms with Crippen molar-refractivity contribution < 1.29 is 27.8 Å². The molecule has 0 amide bonds. The van der Waals surface area contributed by atoms with E-state index < -0.39 is 27.6 Å². The molecule has 1 fully saturated rings. The molecule has 1 saturated heterocycles. The largest absolute Gasteiger partial charge is 0.409 e. The van der Waals surface area contributed by atoms with Crippen molar-refractivity contribution in [3.8, 4) is 0 Å². The first-order valence-electron chi connectivity index (χ1n) is 10.2. The fourth-order valence-electron chi connectivity index (χ4n) is 3.26. The van der Waals surface area contributed by atoms with Crippen LogP contribution in [0.4, 0.5) is 0 Å². The van der Waals surface area contributed by atoms with Crippen molar-refractivity contribution in [2.45, 2.75) is 82.5 Å². The fraction of sp³-hybridized carbons (Fsp3) is 0.895. The van der Waals surface area contributed by atoms with Crippen molar-refractivity contribution in [3.63, 3.8) is 0 Å². The van der Waals surface area contributed by atoms with Crippen molar-refractivity contribution in [3.05, 3.63) is 11.4 Å². The molecule has 7 nitrogen and oxygen atoms in total. The Hall–Kier alpha value is -0.168. The molecule has 1 N–H and O–H groups in total. The number of nitrogens with zero attached hydrogens (tertiary/aromatic N) is 1. The molecule has 0 aliphatic carbocycles. The van der Waals surface area contributed by atoms with Crippen LogP contribution in [0.25, 0.3) is 4.85 Å². The summed E-state index contributed by atoms with van der Waals surface area (Å²) in [5, 5.41) is 9.76. The predicted molar refractivity (Wildman–Crippen MR) is 124 cm³/mol. The molecule has 2 unspecified atom stereocenters. The first-order chi connectivity index (χ1) is 13.3. The summed E-state index contributed by atoms with van der Waals surface area (Å²) < 4.78 is 30.8. The number of hydrogen-bond acceptors (Lipinski definition) is 6. The summed E-state index contributed by atoms with van der Waals surface area (Å²) in [6, 6.07) is -0.214. The molecule has 1 heterocycles. The van der Waals surface area contributed by atoms with Gasteiger partial charge in [0.15, 0.2) is 8.32 Å². The van der Waals surface area contributed by atoms with E-state index in [2.05, 4.69) is 45.0 Å². The van der Waals surface area contributed by atoms with E-state index in [1.54, 1.807) is 0 Å². The lowest BCUT2D eigenvalue weighted by Crippen LogP contribution is -2.52. The maximum absolute atomic E-state index is 9.73. The van der Waals surface area contributed by atoms with Crippen LogP contribution in [0.2, 0.25) is 18.1 Å². The Bertz CT molecular complexity index is 623. The maximum atomic E-state index is 9.73. The van der Waals surface area contributed by atoms with Gasteiger partial charge in [0.1, 0.15) is 20.6 Å². The maximum Gasteiger partial charge on any atom is 0.251 e. The SMILES string of the molecule is B[C@@H]1O[C@@](CC)(CCO)[C@H](OP(=C)(OC)OCC[N+]#[C-])C1O[Si](C)(C)C(C)(C)C. The van der Waals surface area contributed by atoms with E-state index in [0.29, 0.717) is 12.8 Å². The lowest BCUT2D eigenvalue weighted by Gasteiger charge is -2.42. The number of aliphatic hydroxyl groups excluding tert-OH is 1. The standard InChI is InChI=1S/C19H39BNO6PSi/c1-10-19(11-13-22)16(26-28(7,23-6)24-14-12-21-5)15(17(20)25-19)27-29(8,9)18(2,3)4/h15-17,22H,7,10-14,20H2,1-4,6,8-9H3/t15?,16-,17-,19+,28?/m1/s1. The minimum atomic E-state index is -2.94. The third-order valence-electron chi connectivity index (χ3n) is 6.11. The van der Waals surface area contributed by atoms with E-state index in [9.17, 15) is 5.11 Å². The highest BCUT2D eigenvalue weighted by Crippen LogP contribution is 2.55. The van der Waals surface area contributed by atoms with Gasteiger partial charge in [-0.15, -0.1) is 0 Å². The Balaban J connectivity index is 3.28. The van der Waals surface area contributed by atoms with Crippen LogP contribution in [0, 0.1) is 6.57 Å². The molecule has 1 rings (SSSR count). The molecule has 168 valence electrons. The smallest absolute Gasteiger partial charge is 0.251 e. The number of rotatable bonds is 11. The van der Waals surface area contributed by atoms with Crippen molar-refractivity contribution in [1.82, 2.24) is 0 Å². The molecular formula is C19H39BNO6PSi. The normalized spacial score (nSPS) is 30.1. The summed E-state index contributed by atoms with van der Waals surface area (Å²) >= 11 is 0. The van der Waals surface area contributed by atoms with Crippen molar-refractivity contribution in [2.75, 3.05) is 26.9 Å². The topological polar surface area (TPSA) is 70.7 Å². The lowest BCUT2D eigenvalue weighted by molar-refractivity contribution is -0.0798. The third kappa shape index (κ3) is 6.41. The lowest BCUT2D eigenvalue weighted by atomic mass is 9.86. The fourth-order valence-corrected chi connectivity index (χ4v) is 5.88. The quantitative estimate of drug-likeness (QED) is 0.227. The van der Waals surface area contributed by atoms with Crippen LogP contribution in [0.15, 0.2) is 0 Å². The highest BCUT2D eigenvalue weighted by Gasteiger charge is 2.57. The van der Waals surface area contributed by atoms with Gasteiger partial charge in [0.25, 0.3) is 7.57 Å². The van der Waals surface area contributed by atoms with E-state index >= 15 is 0 Å². The van der Waals surface area contributed by atoms with Crippen LogP contribution in [-0.4, -0.2) is 78.3 Å². The molecule has 0 bridgehead atoms. The summed E-state index contributed by atoms with van der Waals surface area (Å²) in [4.78, 5) is 3.31. The second-order valence-corrected chi connectivity index (χ2v) is 15.9. The van der Waals surface area contributed by atoms with Gasteiger partial charge >= 0.3 is 0 Å². The van der Waals surface area contributed by atoms with Crippen molar-refractivity contribution in [2.24, 2.45) is 0 Å². The summed E-state index contributed by atoms with van der Waals surface area (Å²) in [5.41, 5.74) is -0.716. The second kappa shape index (κ2) is 10.4. The van der Waals surface area contributed by atoms with Crippen LogP contribution >= 0.6 is 7.57 Å². The van der Waals surface area contributed by atoms with E-state index in [0.717, 1.165) is 0 Å². The van der Waals surface area contributed by atoms with E-state index in [-0.39, 0.29) is 36.9 Å². The summed E-state index contributed by atoms with van der Waals surface area (Å²) in [5.74, 6) is 0. The molecule has 0 aromatic rings. The molecule has 1 aliphatic rings. The van der Waals surface area contributed by atoms with Crippen LogP contribution in [0.5, 0.6) is 0 Å². The van der Waals surface area contributed by atoms with Crippen LogP contribution in [0.1, 0.15) is 40.5 Å². The first kappa shape index (κ1) is 26.9. The highest BCUT2D eigenvalue weighted by atomic mass is 31.2. The predicted octanol–water partition coefficient (Wildman–Crippen LogP) is 3.06. The van der Waals surface area contributed by atoms with Gasteiger partial charge < -0.3 is 32.7 Å². The van der Waals surface area contributed by atoms with Gasteiger partial charge in [-0.1, -0.05) is 27.7 Å². The average molecular weight is 447 g/mol. The van der Waals surface area contributed by atoms with Gasteiger partial charge in [0, 0.05) is 20.1 Å². The molecule has 0 radical (unpaired) electrons. The van der Waals surface area contributed by atoms with Crippen molar-refractivity contribution >= 4 is 30.0 Å². The van der Waals surface area contributed by atoms with Gasteiger partial charge in [0.2, 0.25) is 6.54 Å². The minimum Gasteiger partial charge on any atom is -0.409 e. The van der Waals surface area contributed by atoms with E-state index in [1.165, 1.54) is 7.11 Å². The summed E-state index contributed by atoms with van der Waals surface area (Å²) in [7, 11) is -1.57. The number of hydrogen-bond donors (Lipinski definition) is 1. The van der Waals surface area contributed by atoms with Crippen LogP contribution in [-0.2, 0) is 22.7 Å². The van der Waals surface area contributed by atoms with Gasteiger partial charge in [-0.3, -0.25) is 0 Å². The van der Waals surface area contributed by atoms with Gasteiger partial charge in [-0.25, -0.2) is 6.57 Å². The molecule has 29 heavy (non-hydrogen) atoms. The highest BCUT2D eigenvalue weighted by molar-refractivity contribution is 7.59. The van der Waals surface area contributed by atoms with E-state index in [4.69, 9.17) is 29.3 Å². The molecule has 0 saturated carbocycles. The van der Waals surface area contributed by atoms with Crippen molar-refractivity contribution in [1.29, 1.82) is 0 Å². The second-order valence-electron chi connectivity index (χ2n) is 9.09. The summed E-state index contributed by atoms with van der Waals surface area (Å²) in [6.07, 6.45) is 4.30. The molecular weight excluding hydrogens is 408 g/mol. The van der Waals surface area contributed by atoms with E-state index in [1.807, 2.05) is 14.8 Å². The average Bonchev–Trinajstić information content (AvgIpc) is 2.86.